The number of ether oxygens (including phenoxy) is 3. The molecule has 0 fully saturated rings. The van der Waals surface area contributed by atoms with Crippen molar-refractivity contribution >= 4 is 17.9 Å². The zero-order chi connectivity index (χ0) is 45.1. The van der Waals surface area contributed by atoms with Crippen molar-refractivity contribution in [2.45, 2.75) is 252 Å². The van der Waals surface area contributed by atoms with Crippen LogP contribution in [0.1, 0.15) is 245 Å². The molecule has 62 heavy (non-hydrogen) atoms. The quantitative estimate of drug-likeness (QED) is 0.0199. The minimum atomic E-state index is -0.794. The highest BCUT2D eigenvalue weighted by molar-refractivity contribution is 5.71. The number of esters is 3. The third-order valence-corrected chi connectivity index (χ3v) is 10.9. The van der Waals surface area contributed by atoms with Gasteiger partial charge in [-0.05, 0) is 96.3 Å². The topological polar surface area (TPSA) is 78.9 Å². The first-order valence-corrected chi connectivity index (χ1v) is 26.0. The number of allylic oxidation sites excluding steroid dienone is 12. The number of carbonyl (C=O) groups excluding carboxylic acids is 3. The van der Waals surface area contributed by atoms with Crippen molar-refractivity contribution in [2.75, 3.05) is 13.2 Å². The lowest BCUT2D eigenvalue weighted by atomic mass is 10.1. The second kappa shape index (κ2) is 50.5. The molecular weight excluding hydrogens is 769 g/mol. The summed E-state index contributed by atoms with van der Waals surface area (Å²) in [4.78, 5) is 37.9. The van der Waals surface area contributed by atoms with E-state index in [1.807, 2.05) is 0 Å². The van der Waals surface area contributed by atoms with Crippen LogP contribution in [0.2, 0.25) is 0 Å². The van der Waals surface area contributed by atoms with Gasteiger partial charge in [-0.25, -0.2) is 0 Å². The normalized spacial score (nSPS) is 12.6. The monoisotopic (exact) mass is 865 g/mol. The molecular formula is C56H96O6. The van der Waals surface area contributed by atoms with Crippen LogP contribution in [-0.4, -0.2) is 37.2 Å². The van der Waals surface area contributed by atoms with Gasteiger partial charge in [0, 0.05) is 19.3 Å². The predicted octanol–water partition coefficient (Wildman–Crippen LogP) is 17.0. The summed E-state index contributed by atoms with van der Waals surface area (Å²) in [5, 5.41) is 0. The van der Waals surface area contributed by atoms with Crippen molar-refractivity contribution in [1.82, 2.24) is 0 Å². The van der Waals surface area contributed by atoms with E-state index in [0.29, 0.717) is 19.3 Å². The van der Waals surface area contributed by atoms with Gasteiger partial charge >= 0.3 is 17.9 Å². The molecule has 0 heterocycles. The van der Waals surface area contributed by atoms with E-state index in [1.165, 1.54) is 103 Å². The molecule has 0 aliphatic heterocycles. The molecule has 0 N–H and O–H groups in total. The second-order valence-corrected chi connectivity index (χ2v) is 17.1. The van der Waals surface area contributed by atoms with Crippen LogP contribution in [0.5, 0.6) is 0 Å². The summed E-state index contributed by atoms with van der Waals surface area (Å²) in [5.74, 6) is -0.937. The van der Waals surface area contributed by atoms with Crippen LogP contribution in [0.3, 0.4) is 0 Å². The van der Waals surface area contributed by atoms with Crippen LogP contribution >= 0.6 is 0 Å². The number of rotatable bonds is 46. The van der Waals surface area contributed by atoms with E-state index < -0.39 is 6.10 Å². The SMILES string of the molecule is CC/C=C\C/C=C\C/C=C\CCCCCCCCC(=O)OC(COC(=O)CCCCC/C=C\C=C/CCCC)COC(=O)CCCCCCCCC/C=C\CCCCCCCC. The van der Waals surface area contributed by atoms with Gasteiger partial charge in [0.25, 0.3) is 0 Å². The summed E-state index contributed by atoms with van der Waals surface area (Å²) in [6.45, 7) is 6.43. The van der Waals surface area contributed by atoms with E-state index in [1.54, 1.807) is 0 Å². The zero-order valence-electron chi connectivity index (χ0n) is 40.6. The number of hydrogen-bond donors (Lipinski definition) is 0. The maximum atomic E-state index is 12.8. The van der Waals surface area contributed by atoms with E-state index >= 15 is 0 Å². The predicted molar refractivity (Wildman–Crippen MR) is 265 cm³/mol. The Bertz CT molecular complexity index is 1180. The summed E-state index contributed by atoms with van der Waals surface area (Å²) in [5.41, 5.74) is 0. The van der Waals surface area contributed by atoms with Crippen LogP contribution in [-0.2, 0) is 28.6 Å². The largest absolute Gasteiger partial charge is 0.462 e. The Hall–Kier alpha value is -3.15. The van der Waals surface area contributed by atoms with E-state index in [2.05, 4.69) is 93.7 Å². The zero-order valence-corrected chi connectivity index (χ0v) is 40.6. The molecule has 356 valence electrons. The molecule has 0 radical (unpaired) electrons. The number of hydrogen-bond acceptors (Lipinski definition) is 6. The fourth-order valence-electron chi connectivity index (χ4n) is 7.02. The number of carbonyl (C=O) groups is 3. The first-order chi connectivity index (χ1) is 30.5. The first-order valence-electron chi connectivity index (χ1n) is 26.0. The van der Waals surface area contributed by atoms with Gasteiger partial charge in [-0.15, -0.1) is 0 Å². The average molecular weight is 865 g/mol. The number of unbranched alkanes of at least 4 members (excludes halogenated alkanes) is 24. The minimum absolute atomic E-state index is 0.0917. The van der Waals surface area contributed by atoms with Crippen molar-refractivity contribution in [2.24, 2.45) is 0 Å². The van der Waals surface area contributed by atoms with Gasteiger partial charge in [0.1, 0.15) is 13.2 Å². The standard InChI is InChI=1S/C56H96O6/c1-4-7-10-13-16-19-22-24-26-28-30-31-34-37-40-43-46-49-55(58)61-52-53(51-60-54(57)48-45-42-39-36-33-21-18-15-12-9-6-3)62-56(59)50-47-44-41-38-35-32-29-27-25-23-20-17-14-11-8-5-2/h8,11,15,17-18,20-21,24-27,33,53H,4-7,9-10,12-14,16,19,22-23,28-32,34-52H2,1-3H3/b11-8-,18-15-,20-17-,26-24-,27-25-,33-21-. The van der Waals surface area contributed by atoms with Gasteiger partial charge < -0.3 is 14.2 Å². The molecule has 0 spiro atoms. The molecule has 0 aromatic heterocycles. The molecule has 0 aliphatic rings. The Balaban J connectivity index is 4.41. The summed E-state index contributed by atoms with van der Waals surface area (Å²) >= 11 is 0. The highest BCUT2D eigenvalue weighted by Crippen LogP contribution is 2.14. The Morgan fingerprint density at radius 1 is 0.355 bits per heavy atom. The van der Waals surface area contributed by atoms with Crippen LogP contribution < -0.4 is 0 Å². The van der Waals surface area contributed by atoms with Crippen molar-refractivity contribution in [3.8, 4) is 0 Å². The maximum Gasteiger partial charge on any atom is 0.306 e. The van der Waals surface area contributed by atoms with Gasteiger partial charge in [0.15, 0.2) is 6.10 Å². The van der Waals surface area contributed by atoms with Crippen molar-refractivity contribution in [1.29, 1.82) is 0 Å². The van der Waals surface area contributed by atoms with Gasteiger partial charge in [-0.3, -0.25) is 14.4 Å². The van der Waals surface area contributed by atoms with Gasteiger partial charge in [0.05, 0.1) is 0 Å². The lowest BCUT2D eigenvalue weighted by Gasteiger charge is -2.18. The van der Waals surface area contributed by atoms with E-state index in [9.17, 15) is 14.4 Å². The molecule has 0 aromatic carbocycles. The van der Waals surface area contributed by atoms with Crippen molar-refractivity contribution in [3.63, 3.8) is 0 Å². The average Bonchev–Trinajstić information content (AvgIpc) is 3.27. The van der Waals surface area contributed by atoms with E-state index in [4.69, 9.17) is 14.2 Å². The fraction of sp³-hybridized carbons (Fsp3) is 0.732. The summed E-state index contributed by atoms with van der Waals surface area (Å²) in [7, 11) is 0. The highest BCUT2D eigenvalue weighted by atomic mass is 16.6. The third kappa shape index (κ3) is 47.9. The molecule has 0 bridgehead atoms. The molecule has 0 saturated heterocycles. The Kier molecular flexibility index (Phi) is 47.9. The molecule has 0 amide bonds. The molecule has 0 aromatic rings. The highest BCUT2D eigenvalue weighted by Gasteiger charge is 2.19. The minimum Gasteiger partial charge on any atom is -0.462 e. The van der Waals surface area contributed by atoms with Gasteiger partial charge in [-0.2, -0.15) is 0 Å². The molecule has 6 nitrogen and oxygen atoms in total. The Morgan fingerprint density at radius 2 is 0.694 bits per heavy atom. The van der Waals surface area contributed by atoms with Crippen molar-refractivity contribution < 1.29 is 28.6 Å². The third-order valence-electron chi connectivity index (χ3n) is 10.9. The van der Waals surface area contributed by atoms with Gasteiger partial charge in [0.2, 0.25) is 0 Å². The fourth-order valence-corrected chi connectivity index (χ4v) is 7.02. The lowest BCUT2D eigenvalue weighted by Crippen LogP contribution is -2.30. The van der Waals surface area contributed by atoms with E-state index in [0.717, 1.165) is 103 Å². The first kappa shape index (κ1) is 58.9. The summed E-state index contributed by atoms with van der Waals surface area (Å²) in [6, 6.07) is 0. The Labute approximate surface area is 382 Å². The molecule has 1 atom stereocenters. The van der Waals surface area contributed by atoms with Crippen molar-refractivity contribution in [3.05, 3.63) is 72.9 Å². The maximum absolute atomic E-state index is 12.8. The molecule has 1 unspecified atom stereocenters. The molecule has 0 saturated carbocycles. The molecule has 6 heteroatoms. The summed E-state index contributed by atoms with van der Waals surface area (Å²) in [6.07, 6.45) is 63.1. The smallest absolute Gasteiger partial charge is 0.306 e. The second-order valence-electron chi connectivity index (χ2n) is 17.1. The lowest BCUT2D eigenvalue weighted by molar-refractivity contribution is -0.167. The molecule has 0 aliphatic carbocycles. The summed E-state index contributed by atoms with van der Waals surface area (Å²) < 4.78 is 16.8. The Morgan fingerprint density at radius 3 is 1.16 bits per heavy atom. The van der Waals surface area contributed by atoms with Crippen LogP contribution in [0.25, 0.3) is 0 Å². The van der Waals surface area contributed by atoms with Crippen LogP contribution in [0.15, 0.2) is 72.9 Å². The van der Waals surface area contributed by atoms with Crippen LogP contribution in [0, 0.1) is 0 Å². The van der Waals surface area contributed by atoms with Gasteiger partial charge in [-0.1, -0.05) is 203 Å². The molecule has 0 rings (SSSR count). The van der Waals surface area contributed by atoms with E-state index in [-0.39, 0.29) is 31.1 Å². The van der Waals surface area contributed by atoms with Crippen LogP contribution in [0.4, 0.5) is 0 Å².